The molecule has 1 atom stereocenters. The van der Waals surface area contributed by atoms with E-state index in [-0.39, 0.29) is 18.3 Å². The Kier molecular flexibility index (Phi) is 6.39. The van der Waals surface area contributed by atoms with Gasteiger partial charge in [-0.1, -0.05) is 18.2 Å². The van der Waals surface area contributed by atoms with Gasteiger partial charge in [0.25, 0.3) is 0 Å². The van der Waals surface area contributed by atoms with Gasteiger partial charge in [0.2, 0.25) is 0 Å². The molecule has 0 saturated carbocycles. The average molecular weight is 413 g/mol. The van der Waals surface area contributed by atoms with Crippen LogP contribution < -0.4 is 4.74 Å². The average Bonchev–Trinajstić information content (AvgIpc) is 2.68. The number of carboxylic acids is 1. The number of rotatable bonds is 6. The van der Waals surface area contributed by atoms with E-state index in [0.717, 1.165) is 23.8 Å². The molecule has 5 nitrogen and oxygen atoms in total. The maximum atomic E-state index is 13.9. The SMILES string of the molecule is O=C(O)CCN1CCOC(c2ccc(Oc3c(F)cccc3C(F)(F)F)cc2)C1. The first kappa shape index (κ1) is 21.1. The van der Waals surface area contributed by atoms with Crippen LogP contribution in [0.3, 0.4) is 0 Å². The molecule has 0 amide bonds. The molecule has 1 N–H and O–H groups in total. The largest absolute Gasteiger partial charge is 0.481 e. The summed E-state index contributed by atoms with van der Waals surface area (Å²) in [6.45, 7) is 1.97. The normalized spacial score (nSPS) is 17.9. The van der Waals surface area contributed by atoms with Crippen LogP contribution in [0, 0.1) is 5.82 Å². The number of carbonyl (C=O) groups is 1. The molecule has 1 unspecified atom stereocenters. The molecular formula is C20H19F4NO4. The summed E-state index contributed by atoms with van der Waals surface area (Å²) in [5, 5.41) is 8.80. The second kappa shape index (κ2) is 8.79. The number of benzene rings is 2. The summed E-state index contributed by atoms with van der Waals surface area (Å²) in [5.41, 5.74) is -0.423. The fourth-order valence-electron chi connectivity index (χ4n) is 3.07. The van der Waals surface area contributed by atoms with Crippen molar-refractivity contribution in [3.63, 3.8) is 0 Å². The summed E-state index contributed by atoms with van der Waals surface area (Å²) in [5.74, 6) is -2.79. The van der Waals surface area contributed by atoms with Crippen LogP contribution in [0.5, 0.6) is 11.5 Å². The third-order valence-electron chi connectivity index (χ3n) is 4.54. The molecule has 1 aliphatic heterocycles. The van der Waals surface area contributed by atoms with Crippen molar-refractivity contribution in [2.24, 2.45) is 0 Å². The standard InChI is InChI=1S/C20H19F4NO4/c21-16-3-1-2-15(20(22,23)24)19(16)29-14-6-4-13(5-7-14)17-12-25(10-11-28-17)9-8-18(26)27/h1-7,17H,8-12H2,(H,26,27). The van der Waals surface area contributed by atoms with E-state index in [9.17, 15) is 22.4 Å². The van der Waals surface area contributed by atoms with Crippen LogP contribution in [0.2, 0.25) is 0 Å². The highest BCUT2D eigenvalue weighted by Gasteiger charge is 2.36. The van der Waals surface area contributed by atoms with Crippen molar-refractivity contribution in [1.82, 2.24) is 4.90 Å². The Morgan fingerprint density at radius 2 is 1.93 bits per heavy atom. The third-order valence-corrected chi connectivity index (χ3v) is 4.54. The van der Waals surface area contributed by atoms with Crippen LogP contribution in [0.15, 0.2) is 42.5 Å². The number of hydrogen-bond donors (Lipinski definition) is 1. The van der Waals surface area contributed by atoms with Gasteiger partial charge in [-0.2, -0.15) is 13.2 Å². The summed E-state index contributed by atoms with van der Waals surface area (Å²) in [7, 11) is 0. The Labute approximate surface area is 164 Å². The fourth-order valence-corrected chi connectivity index (χ4v) is 3.07. The van der Waals surface area contributed by atoms with Crippen molar-refractivity contribution in [3.8, 4) is 11.5 Å². The summed E-state index contributed by atoms with van der Waals surface area (Å²) >= 11 is 0. The first-order valence-electron chi connectivity index (χ1n) is 8.93. The quantitative estimate of drug-likeness (QED) is 0.708. The molecule has 29 heavy (non-hydrogen) atoms. The van der Waals surface area contributed by atoms with Gasteiger partial charge in [-0.3, -0.25) is 9.69 Å². The highest BCUT2D eigenvalue weighted by Crippen LogP contribution is 2.39. The molecule has 2 aromatic rings. The minimum atomic E-state index is -4.74. The molecule has 9 heteroatoms. The number of alkyl halides is 3. The van der Waals surface area contributed by atoms with Crippen LogP contribution in [0.25, 0.3) is 0 Å². The van der Waals surface area contributed by atoms with Crippen molar-refractivity contribution in [2.75, 3.05) is 26.2 Å². The molecule has 1 saturated heterocycles. The lowest BCUT2D eigenvalue weighted by Gasteiger charge is -2.32. The number of nitrogens with zero attached hydrogens (tertiary/aromatic N) is 1. The van der Waals surface area contributed by atoms with E-state index in [0.29, 0.717) is 26.2 Å². The summed E-state index contributed by atoms with van der Waals surface area (Å²) in [6, 6.07) is 8.80. The first-order chi connectivity index (χ1) is 13.7. The molecule has 0 spiro atoms. The second-order valence-corrected chi connectivity index (χ2v) is 6.59. The van der Waals surface area contributed by atoms with E-state index < -0.39 is 29.3 Å². The van der Waals surface area contributed by atoms with Crippen molar-refractivity contribution < 1.29 is 36.9 Å². The Hall–Kier alpha value is -2.65. The van der Waals surface area contributed by atoms with Gasteiger partial charge in [-0.05, 0) is 29.8 Å². The number of ether oxygens (including phenoxy) is 2. The van der Waals surface area contributed by atoms with Crippen molar-refractivity contribution >= 4 is 5.97 Å². The van der Waals surface area contributed by atoms with Gasteiger partial charge in [0.1, 0.15) is 11.3 Å². The van der Waals surface area contributed by atoms with Gasteiger partial charge < -0.3 is 14.6 Å². The van der Waals surface area contributed by atoms with Crippen molar-refractivity contribution in [1.29, 1.82) is 0 Å². The minimum absolute atomic E-state index is 0.0314. The monoisotopic (exact) mass is 413 g/mol. The van der Waals surface area contributed by atoms with Crippen LogP contribution in [0.4, 0.5) is 17.6 Å². The number of morpholine rings is 1. The number of aliphatic carboxylic acids is 1. The predicted octanol–water partition coefficient (Wildman–Crippen LogP) is 4.48. The number of hydrogen-bond acceptors (Lipinski definition) is 4. The van der Waals surface area contributed by atoms with Crippen molar-refractivity contribution in [3.05, 3.63) is 59.4 Å². The number of para-hydroxylation sites is 1. The van der Waals surface area contributed by atoms with E-state index >= 15 is 0 Å². The van der Waals surface area contributed by atoms with Crippen LogP contribution in [0.1, 0.15) is 23.7 Å². The Balaban J connectivity index is 1.71. The maximum Gasteiger partial charge on any atom is 0.420 e. The van der Waals surface area contributed by atoms with E-state index in [1.54, 1.807) is 12.1 Å². The second-order valence-electron chi connectivity index (χ2n) is 6.59. The zero-order valence-electron chi connectivity index (χ0n) is 15.3. The Morgan fingerprint density at radius 1 is 1.21 bits per heavy atom. The molecule has 1 aliphatic rings. The summed E-state index contributed by atoms with van der Waals surface area (Å²) in [6.07, 6.45) is -5.01. The smallest absolute Gasteiger partial charge is 0.420 e. The Bertz CT molecular complexity index is 855. The molecule has 3 rings (SSSR count). The zero-order valence-corrected chi connectivity index (χ0v) is 15.3. The van der Waals surface area contributed by atoms with Crippen LogP contribution in [-0.2, 0) is 15.7 Å². The van der Waals surface area contributed by atoms with Gasteiger partial charge in [-0.15, -0.1) is 0 Å². The van der Waals surface area contributed by atoms with Gasteiger partial charge in [-0.25, -0.2) is 4.39 Å². The summed E-state index contributed by atoms with van der Waals surface area (Å²) in [4.78, 5) is 12.7. The molecule has 2 aromatic carbocycles. The molecule has 0 bridgehead atoms. The molecule has 0 aromatic heterocycles. The van der Waals surface area contributed by atoms with E-state index in [2.05, 4.69) is 0 Å². The lowest BCUT2D eigenvalue weighted by atomic mass is 10.1. The molecule has 0 aliphatic carbocycles. The fraction of sp³-hybridized carbons (Fsp3) is 0.350. The van der Waals surface area contributed by atoms with Gasteiger partial charge in [0.15, 0.2) is 11.6 Å². The Morgan fingerprint density at radius 3 is 2.59 bits per heavy atom. The van der Waals surface area contributed by atoms with E-state index in [4.69, 9.17) is 14.6 Å². The molecule has 156 valence electrons. The molecular weight excluding hydrogens is 394 g/mol. The predicted molar refractivity (Wildman–Crippen MR) is 95.3 cm³/mol. The topological polar surface area (TPSA) is 59.0 Å². The first-order valence-corrected chi connectivity index (χ1v) is 8.93. The van der Waals surface area contributed by atoms with Gasteiger partial charge in [0, 0.05) is 19.6 Å². The molecule has 0 radical (unpaired) electrons. The highest BCUT2D eigenvalue weighted by atomic mass is 19.4. The van der Waals surface area contributed by atoms with Crippen LogP contribution >= 0.6 is 0 Å². The lowest BCUT2D eigenvalue weighted by molar-refractivity contribution is -0.139. The zero-order chi connectivity index (χ0) is 21.0. The highest BCUT2D eigenvalue weighted by molar-refractivity contribution is 5.66. The summed E-state index contributed by atoms with van der Waals surface area (Å²) < 4.78 is 64.1. The third kappa shape index (κ3) is 5.45. The maximum absolute atomic E-state index is 13.9. The van der Waals surface area contributed by atoms with E-state index in [1.807, 2.05) is 4.90 Å². The molecule has 1 heterocycles. The van der Waals surface area contributed by atoms with Gasteiger partial charge >= 0.3 is 12.1 Å². The van der Waals surface area contributed by atoms with Gasteiger partial charge in [0.05, 0.1) is 19.1 Å². The minimum Gasteiger partial charge on any atom is -0.481 e. The number of halogens is 4. The lowest BCUT2D eigenvalue weighted by Crippen LogP contribution is -2.39. The van der Waals surface area contributed by atoms with Crippen LogP contribution in [-0.4, -0.2) is 42.2 Å². The number of carboxylic acid groups (broad SMARTS) is 1. The van der Waals surface area contributed by atoms with E-state index in [1.165, 1.54) is 12.1 Å². The van der Waals surface area contributed by atoms with Crippen molar-refractivity contribution in [2.45, 2.75) is 18.7 Å². The molecule has 1 fully saturated rings.